The summed E-state index contributed by atoms with van der Waals surface area (Å²) in [6.45, 7) is 4.70. The van der Waals surface area contributed by atoms with Crippen LogP contribution in [0.1, 0.15) is 18.7 Å². The average molecular weight is 354 g/mol. The summed E-state index contributed by atoms with van der Waals surface area (Å²) >= 11 is 3.54. The number of nitrogens with one attached hydrogen (secondary N) is 1. The fourth-order valence-corrected chi connectivity index (χ4v) is 2.46. The van der Waals surface area contributed by atoms with E-state index in [2.05, 4.69) is 37.7 Å². The van der Waals surface area contributed by atoms with Crippen molar-refractivity contribution in [3.63, 3.8) is 0 Å². The van der Waals surface area contributed by atoms with Crippen molar-refractivity contribution in [2.75, 3.05) is 26.1 Å². The van der Waals surface area contributed by atoms with E-state index in [1.165, 1.54) is 0 Å². The van der Waals surface area contributed by atoms with Crippen LogP contribution >= 0.6 is 15.9 Å². The predicted octanol–water partition coefficient (Wildman–Crippen LogP) is 3.91. The summed E-state index contributed by atoms with van der Waals surface area (Å²) < 4.78 is 13.5. The van der Waals surface area contributed by atoms with Gasteiger partial charge in [-0.05, 0) is 41.9 Å². The second-order valence-corrected chi connectivity index (χ2v) is 5.74. The average Bonchev–Trinajstić information content (AvgIpc) is 2.82. The fraction of sp³-hybridized carbons (Fsp3) is 0.400. The minimum Gasteiger partial charge on any atom is -0.497 e. The zero-order chi connectivity index (χ0) is 15.4. The molecular weight excluding hydrogens is 334 g/mol. The minimum absolute atomic E-state index is 0.197. The molecule has 2 aromatic rings. The van der Waals surface area contributed by atoms with Gasteiger partial charge in [-0.2, -0.15) is 0 Å². The highest BCUT2D eigenvalue weighted by molar-refractivity contribution is 9.10. The first kappa shape index (κ1) is 15.9. The molecule has 5 nitrogen and oxygen atoms in total. The Hall–Kier alpha value is -1.53. The Morgan fingerprint density at radius 3 is 2.81 bits per heavy atom. The first-order valence-electron chi connectivity index (χ1n) is 6.70. The molecule has 1 unspecified atom stereocenters. The third kappa shape index (κ3) is 3.77. The van der Waals surface area contributed by atoms with E-state index in [1.807, 2.05) is 31.3 Å². The molecular formula is C15H20BrN3O2. The number of hydrogen-bond donors (Lipinski definition) is 1. The summed E-state index contributed by atoms with van der Waals surface area (Å²) in [6, 6.07) is 5.97. The number of aromatic nitrogens is 2. The number of methoxy groups -OCH3 is 2. The van der Waals surface area contributed by atoms with Crippen molar-refractivity contribution in [2.45, 2.75) is 19.9 Å². The first-order valence-corrected chi connectivity index (χ1v) is 7.49. The van der Waals surface area contributed by atoms with E-state index < -0.39 is 0 Å². The van der Waals surface area contributed by atoms with Crippen molar-refractivity contribution in [1.82, 2.24) is 9.55 Å². The molecule has 0 aliphatic carbocycles. The van der Waals surface area contributed by atoms with Crippen LogP contribution in [0.15, 0.2) is 28.9 Å². The third-order valence-corrected chi connectivity index (χ3v) is 3.85. The van der Waals surface area contributed by atoms with Crippen molar-refractivity contribution < 1.29 is 9.47 Å². The molecule has 0 aliphatic heterocycles. The number of anilines is 2. The van der Waals surface area contributed by atoms with Gasteiger partial charge < -0.3 is 19.4 Å². The monoisotopic (exact) mass is 353 g/mol. The van der Waals surface area contributed by atoms with Crippen LogP contribution < -0.4 is 10.1 Å². The maximum atomic E-state index is 5.26. The molecule has 0 bridgehead atoms. The van der Waals surface area contributed by atoms with Crippen molar-refractivity contribution in [3.05, 3.63) is 34.6 Å². The Kier molecular flexibility index (Phi) is 5.25. The zero-order valence-corrected chi connectivity index (χ0v) is 14.3. The summed E-state index contributed by atoms with van der Waals surface area (Å²) in [5.74, 6) is 1.58. The van der Waals surface area contributed by atoms with Crippen LogP contribution in [0, 0.1) is 6.92 Å². The normalized spacial score (nSPS) is 12.2. The second kappa shape index (κ2) is 6.95. The quantitative estimate of drug-likeness (QED) is 0.854. The molecule has 114 valence electrons. The number of ether oxygens (including phenoxy) is 2. The molecule has 0 saturated heterocycles. The molecule has 6 heteroatoms. The van der Waals surface area contributed by atoms with Gasteiger partial charge >= 0.3 is 0 Å². The van der Waals surface area contributed by atoms with Crippen LogP contribution in [0.4, 0.5) is 11.6 Å². The van der Waals surface area contributed by atoms with Crippen LogP contribution in [0.2, 0.25) is 0 Å². The van der Waals surface area contributed by atoms with E-state index in [0.717, 1.165) is 27.6 Å². The zero-order valence-electron chi connectivity index (χ0n) is 12.7. The Morgan fingerprint density at radius 1 is 1.38 bits per heavy atom. The smallest absolute Gasteiger partial charge is 0.207 e. The number of aryl methyl sites for hydroxylation is 1. The van der Waals surface area contributed by atoms with Gasteiger partial charge in [-0.15, -0.1) is 0 Å². The molecule has 0 aliphatic rings. The number of imidazole rings is 1. The van der Waals surface area contributed by atoms with E-state index in [-0.39, 0.29) is 6.04 Å². The fourth-order valence-electron chi connectivity index (χ4n) is 2.11. The van der Waals surface area contributed by atoms with Gasteiger partial charge in [0.2, 0.25) is 5.95 Å². The molecule has 21 heavy (non-hydrogen) atoms. The van der Waals surface area contributed by atoms with Crippen LogP contribution in [0.25, 0.3) is 0 Å². The number of benzene rings is 1. The van der Waals surface area contributed by atoms with Crippen molar-refractivity contribution in [3.8, 4) is 5.75 Å². The molecule has 0 spiro atoms. The molecule has 2 rings (SSSR count). The number of hydrogen-bond acceptors (Lipinski definition) is 4. The van der Waals surface area contributed by atoms with E-state index >= 15 is 0 Å². The molecule has 0 amide bonds. The molecule has 0 saturated carbocycles. The highest BCUT2D eigenvalue weighted by atomic mass is 79.9. The van der Waals surface area contributed by atoms with Crippen molar-refractivity contribution in [2.24, 2.45) is 0 Å². The summed E-state index contributed by atoms with van der Waals surface area (Å²) in [5, 5.41) is 3.35. The van der Waals surface area contributed by atoms with Crippen molar-refractivity contribution >= 4 is 27.6 Å². The second-order valence-electron chi connectivity index (χ2n) is 4.89. The molecule has 0 radical (unpaired) electrons. The number of nitrogens with zero attached hydrogens (tertiary/aromatic N) is 2. The van der Waals surface area contributed by atoms with E-state index in [0.29, 0.717) is 6.61 Å². The van der Waals surface area contributed by atoms with E-state index in [1.54, 1.807) is 14.2 Å². The minimum atomic E-state index is 0.197. The SMILES string of the molecule is COCC(C)n1cc(C)nc1Nc1cc(OC)ccc1Br. The largest absolute Gasteiger partial charge is 0.497 e. The number of rotatable bonds is 6. The maximum absolute atomic E-state index is 5.26. The Balaban J connectivity index is 2.31. The summed E-state index contributed by atoms with van der Waals surface area (Å²) in [6.07, 6.45) is 2.01. The standard InChI is InChI=1S/C15H20BrN3O2/c1-10-8-19(11(2)9-20-3)15(17-10)18-14-7-12(21-4)5-6-13(14)16/h5-8,11H,9H2,1-4H3,(H,17,18). The lowest BCUT2D eigenvalue weighted by atomic mass is 10.3. The topological polar surface area (TPSA) is 48.3 Å². The summed E-state index contributed by atoms with van der Waals surface area (Å²) in [5.41, 5.74) is 1.87. The van der Waals surface area contributed by atoms with Gasteiger partial charge in [0.05, 0.1) is 31.1 Å². The van der Waals surface area contributed by atoms with Crippen molar-refractivity contribution in [1.29, 1.82) is 0 Å². The van der Waals surface area contributed by atoms with Gasteiger partial charge in [0.25, 0.3) is 0 Å². The highest BCUT2D eigenvalue weighted by Gasteiger charge is 2.13. The first-order chi connectivity index (χ1) is 10.0. The molecule has 1 aromatic heterocycles. The lowest BCUT2D eigenvalue weighted by Gasteiger charge is -2.17. The van der Waals surface area contributed by atoms with E-state index in [9.17, 15) is 0 Å². The van der Waals surface area contributed by atoms with Gasteiger partial charge in [0, 0.05) is 23.8 Å². The van der Waals surface area contributed by atoms with Crippen LogP contribution in [-0.4, -0.2) is 30.4 Å². The summed E-state index contributed by atoms with van der Waals surface area (Å²) in [4.78, 5) is 4.54. The lowest BCUT2D eigenvalue weighted by Crippen LogP contribution is -2.13. The van der Waals surface area contributed by atoms with Gasteiger partial charge in [-0.25, -0.2) is 4.98 Å². The van der Waals surface area contributed by atoms with Crippen LogP contribution in [0.3, 0.4) is 0 Å². The summed E-state index contributed by atoms with van der Waals surface area (Å²) in [7, 11) is 3.35. The Morgan fingerprint density at radius 2 is 2.14 bits per heavy atom. The Labute approximate surface area is 133 Å². The molecule has 1 N–H and O–H groups in total. The van der Waals surface area contributed by atoms with Gasteiger partial charge in [-0.3, -0.25) is 0 Å². The van der Waals surface area contributed by atoms with Gasteiger partial charge in [-0.1, -0.05) is 0 Å². The molecule has 0 fully saturated rings. The van der Waals surface area contributed by atoms with Crippen LogP contribution in [-0.2, 0) is 4.74 Å². The maximum Gasteiger partial charge on any atom is 0.207 e. The lowest BCUT2D eigenvalue weighted by molar-refractivity contribution is 0.163. The van der Waals surface area contributed by atoms with Gasteiger partial charge in [0.1, 0.15) is 5.75 Å². The predicted molar refractivity (Wildman–Crippen MR) is 87.5 cm³/mol. The van der Waals surface area contributed by atoms with Gasteiger partial charge in [0.15, 0.2) is 0 Å². The number of halogens is 1. The van der Waals surface area contributed by atoms with Crippen LogP contribution in [0.5, 0.6) is 5.75 Å². The molecule has 1 heterocycles. The molecule has 1 atom stereocenters. The van der Waals surface area contributed by atoms with E-state index in [4.69, 9.17) is 9.47 Å². The third-order valence-electron chi connectivity index (χ3n) is 3.16. The highest BCUT2D eigenvalue weighted by Crippen LogP contribution is 2.30. The Bertz CT molecular complexity index is 613. The molecule has 1 aromatic carbocycles.